The zero-order chi connectivity index (χ0) is 18.8. The van der Waals surface area contributed by atoms with Gasteiger partial charge in [-0.15, -0.1) is 0 Å². The number of ether oxygens (including phenoxy) is 4. The lowest BCUT2D eigenvalue weighted by Gasteiger charge is -2.14. The highest BCUT2D eigenvalue weighted by molar-refractivity contribution is 5.69. The summed E-state index contributed by atoms with van der Waals surface area (Å²) < 4.78 is 21.7. The Hall–Kier alpha value is -0.650. The van der Waals surface area contributed by atoms with Gasteiger partial charge in [-0.2, -0.15) is 0 Å². The molecule has 1 atom stereocenters. The SMILES string of the molecule is CCCCC(CC)COCCOCCOCCCC(=O)OCC(C)C. The molecule has 0 heterocycles. The van der Waals surface area contributed by atoms with Gasteiger partial charge in [-0.1, -0.05) is 47.0 Å². The Bertz CT molecular complexity index is 294. The van der Waals surface area contributed by atoms with Crippen molar-refractivity contribution in [1.29, 1.82) is 0 Å². The average molecular weight is 361 g/mol. The van der Waals surface area contributed by atoms with E-state index in [1.165, 1.54) is 25.7 Å². The molecule has 0 aromatic carbocycles. The van der Waals surface area contributed by atoms with Crippen molar-refractivity contribution in [3.63, 3.8) is 0 Å². The lowest BCUT2D eigenvalue weighted by molar-refractivity contribution is -0.145. The Morgan fingerprint density at radius 3 is 2.08 bits per heavy atom. The molecule has 0 bridgehead atoms. The Labute approximate surface area is 154 Å². The van der Waals surface area contributed by atoms with E-state index in [1.807, 2.05) is 13.8 Å². The summed E-state index contributed by atoms with van der Waals surface area (Å²) in [5.41, 5.74) is 0. The monoisotopic (exact) mass is 360 g/mol. The maximum Gasteiger partial charge on any atom is 0.305 e. The predicted octanol–water partition coefficient (Wildman–Crippen LogP) is 4.23. The molecule has 25 heavy (non-hydrogen) atoms. The summed E-state index contributed by atoms with van der Waals surface area (Å²) in [7, 11) is 0. The van der Waals surface area contributed by atoms with Crippen LogP contribution in [0.5, 0.6) is 0 Å². The normalized spacial score (nSPS) is 12.5. The molecule has 150 valence electrons. The quantitative estimate of drug-likeness (QED) is 0.270. The van der Waals surface area contributed by atoms with Crippen LogP contribution in [0.25, 0.3) is 0 Å². The molecule has 0 N–H and O–H groups in total. The van der Waals surface area contributed by atoms with E-state index in [4.69, 9.17) is 18.9 Å². The molecule has 0 radical (unpaired) electrons. The van der Waals surface area contributed by atoms with Crippen LogP contribution in [0.1, 0.15) is 66.2 Å². The number of esters is 1. The largest absolute Gasteiger partial charge is 0.465 e. The summed E-state index contributed by atoms with van der Waals surface area (Å²) >= 11 is 0. The highest BCUT2D eigenvalue weighted by Gasteiger charge is 2.06. The molecule has 5 nitrogen and oxygen atoms in total. The minimum absolute atomic E-state index is 0.144. The van der Waals surface area contributed by atoms with Crippen molar-refractivity contribution in [1.82, 2.24) is 0 Å². The molecular weight excluding hydrogens is 320 g/mol. The van der Waals surface area contributed by atoms with E-state index in [1.54, 1.807) is 0 Å². The molecular formula is C20H40O5. The Morgan fingerprint density at radius 2 is 1.48 bits per heavy atom. The summed E-state index contributed by atoms with van der Waals surface area (Å²) in [5, 5.41) is 0. The fraction of sp³-hybridized carbons (Fsp3) is 0.950. The van der Waals surface area contributed by atoms with Crippen molar-refractivity contribution in [3.8, 4) is 0 Å². The first-order valence-electron chi connectivity index (χ1n) is 9.98. The van der Waals surface area contributed by atoms with Gasteiger partial charge in [0.05, 0.1) is 33.0 Å². The van der Waals surface area contributed by atoms with Gasteiger partial charge in [0, 0.05) is 19.6 Å². The summed E-state index contributed by atoms with van der Waals surface area (Å²) in [6.07, 6.45) is 6.07. The predicted molar refractivity (Wildman–Crippen MR) is 101 cm³/mol. The molecule has 0 saturated carbocycles. The fourth-order valence-corrected chi connectivity index (χ4v) is 2.24. The van der Waals surface area contributed by atoms with Crippen molar-refractivity contribution in [2.75, 3.05) is 46.2 Å². The third-order valence-corrected chi connectivity index (χ3v) is 3.89. The van der Waals surface area contributed by atoms with Crippen LogP contribution in [-0.4, -0.2) is 52.2 Å². The molecule has 0 aromatic rings. The van der Waals surface area contributed by atoms with Crippen molar-refractivity contribution >= 4 is 5.97 Å². The third kappa shape index (κ3) is 18.0. The van der Waals surface area contributed by atoms with Crippen LogP contribution < -0.4 is 0 Å². The first-order chi connectivity index (χ1) is 12.1. The number of carbonyl (C=O) groups is 1. The molecule has 1 unspecified atom stereocenters. The molecule has 0 aliphatic rings. The lowest BCUT2D eigenvalue weighted by Crippen LogP contribution is -2.14. The maximum absolute atomic E-state index is 11.4. The number of hydrogen-bond donors (Lipinski definition) is 0. The van der Waals surface area contributed by atoms with Gasteiger partial charge in [0.2, 0.25) is 0 Å². The molecule has 0 aromatic heterocycles. The van der Waals surface area contributed by atoms with Gasteiger partial charge in [0.1, 0.15) is 0 Å². The van der Waals surface area contributed by atoms with Crippen LogP contribution in [0.2, 0.25) is 0 Å². The smallest absolute Gasteiger partial charge is 0.305 e. The molecule has 5 heteroatoms. The highest BCUT2D eigenvalue weighted by Crippen LogP contribution is 2.12. The standard InChI is InChI=1S/C20H40O5/c1-5-7-9-19(6-2)17-24-15-14-23-13-12-22-11-8-10-20(21)25-16-18(3)4/h18-19H,5-17H2,1-4H3. The van der Waals surface area contributed by atoms with Crippen molar-refractivity contribution in [2.24, 2.45) is 11.8 Å². The van der Waals surface area contributed by atoms with Gasteiger partial charge >= 0.3 is 5.97 Å². The molecule has 0 amide bonds. The van der Waals surface area contributed by atoms with E-state index in [-0.39, 0.29) is 5.97 Å². The molecule has 0 fully saturated rings. The van der Waals surface area contributed by atoms with Gasteiger partial charge < -0.3 is 18.9 Å². The van der Waals surface area contributed by atoms with Crippen molar-refractivity contribution in [3.05, 3.63) is 0 Å². The molecule has 0 saturated heterocycles. The van der Waals surface area contributed by atoms with Gasteiger partial charge in [-0.05, 0) is 24.7 Å². The number of unbranched alkanes of at least 4 members (excludes halogenated alkanes) is 1. The first-order valence-corrected chi connectivity index (χ1v) is 9.98. The Balaban J connectivity index is 3.27. The second kappa shape index (κ2) is 18.2. The zero-order valence-corrected chi connectivity index (χ0v) is 16.9. The highest BCUT2D eigenvalue weighted by atomic mass is 16.5. The third-order valence-electron chi connectivity index (χ3n) is 3.89. The van der Waals surface area contributed by atoms with Gasteiger partial charge in [-0.3, -0.25) is 4.79 Å². The second-order valence-corrected chi connectivity index (χ2v) is 6.90. The maximum atomic E-state index is 11.4. The summed E-state index contributed by atoms with van der Waals surface area (Å²) in [5.74, 6) is 0.913. The van der Waals surface area contributed by atoms with E-state index < -0.39 is 0 Å². The second-order valence-electron chi connectivity index (χ2n) is 6.90. The minimum atomic E-state index is -0.144. The van der Waals surface area contributed by atoms with Crippen LogP contribution in [0.4, 0.5) is 0 Å². The summed E-state index contributed by atoms with van der Waals surface area (Å²) in [4.78, 5) is 11.4. The average Bonchev–Trinajstić information content (AvgIpc) is 2.60. The van der Waals surface area contributed by atoms with E-state index in [9.17, 15) is 4.79 Å². The zero-order valence-electron chi connectivity index (χ0n) is 16.9. The molecule has 0 spiro atoms. The van der Waals surface area contributed by atoms with Crippen LogP contribution in [-0.2, 0) is 23.7 Å². The molecule has 0 aliphatic carbocycles. The van der Waals surface area contributed by atoms with E-state index in [2.05, 4.69) is 13.8 Å². The molecule has 0 aliphatic heterocycles. The van der Waals surface area contributed by atoms with E-state index >= 15 is 0 Å². The van der Waals surface area contributed by atoms with Gasteiger partial charge in [0.25, 0.3) is 0 Å². The topological polar surface area (TPSA) is 54.0 Å². The van der Waals surface area contributed by atoms with Crippen LogP contribution in [0.3, 0.4) is 0 Å². The minimum Gasteiger partial charge on any atom is -0.465 e. The number of rotatable bonds is 18. The van der Waals surface area contributed by atoms with E-state index in [0.717, 1.165) is 6.61 Å². The first kappa shape index (κ1) is 24.4. The van der Waals surface area contributed by atoms with Crippen molar-refractivity contribution < 1.29 is 23.7 Å². The lowest BCUT2D eigenvalue weighted by atomic mass is 10.0. The number of hydrogen-bond acceptors (Lipinski definition) is 5. The number of carbonyl (C=O) groups excluding carboxylic acids is 1. The molecule has 0 rings (SSSR count). The van der Waals surface area contributed by atoms with Crippen molar-refractivity contribution in [2.45, 2.75) is 66.2 Å². The summed E-state index contributed by atoms with van der Waals surface area (Å²) in [6, 6.07) is 0. The van der Waals surface area contributed by atoms with E-state index in [0.29, 0.717) is 64.3 Å². The fourth-order valence-electron chi connectivity index (χ4n) is 2.24. The Morgan fingerprint density at radius 1 is 0.840 bits per heavy atom. The summed E-state index contributed by atoms with van der Waals surface area (Å²) in [6.45, 7) is 12.8. The van der Waals surface area contributed by atoms with Crippen LogP contribution in [0, 0.1) is 11.8 Å². The van der Waals surface area contributed by atoms with Gasteiger partial charge in [-0.25, -0.2) is 0 Å². The van der Waals surface area contributed by atoms with Crippen LogP contribution >= 0.6 is 0 Å². The van der Waals surface area contributed by atoms with Crippen LogP contribution in [0.15, 0.2) is 0 Å². The van der Waals surface area contributed by atoms with Gasteiger partial charge in [0.15, 0.2) is 0 Å². The Kier molecular flexibility index (Phi) is 17.7.